The Morgan fingerprint density at radius 1 is 1.33 bits per heavy atom. The Morgan fingerprint density at radius 2 is 2.12 bits per heavy atom. The molecule has 2 saturated heterocycles. The average Bonchev–Trinajstić information content (AvgIpc) is 2.58. The van der Waals surface area contributed by atoms with Crippen molar-refractivity contribution in [2.45, 2.75) is 25.8 Å². The summed E-state index contributed by atoms with van der Waals surface area (Å²) in [6.07, 6.45) is 1.57. The number of anilines is 2. The zero-order chi connectivity index (χ0) is 16.9. The van der Waals surface area contributed by atoms with Gasteiger partial charge in [0.25, 0.3) is 0 Å². The fourth-order valence-electron chi connectivity index (χ4n) is 3.13. The van der Waals surface area contributed by atoms with Crippen molar-refractivity contribution >= 4 is 35.1 Å². The Morgan fingerprint density at radius 3 is 2.83 bits per heavy atom. The first-order chi connectivity index (χ1) is 11.6. The van der Waals surface area contributed by atoms with E-state index in [1.807, 2.05) is 23.9 Å². The van der Waals surface area contributed by atoms with E-state index in [0.29, 0.717) is 13.0 Å². The maximum atomic E-state index is 12.1. The van der Waals surface area contributed by atoms with Gasteiger partial charge in [0.15, 0.2) is 0 Å². The number of rotatable bonds is 3. The minimum absolute atomic E-state index is 0.106. The number of hydrogen-bond acceptors (Lipinski definition) is 4. The van der Waals surface area contributed by atoms with Gasteiger partial charge in [0, 0.05) is 42.5 Å². The van der Waals surface area contributed by atoms with Crippen LogP contribution in [0.3, 0.4) is 0 Å². The van der Waals surface area contributed by atoms with Crippen LogP contribution in [0.15, 0.2) is 18.2 Å². The third-order valence-corrected chi connectivity index (χ3v) is 5.34. The molecule has 0 saturated carbocycles. The average molecular weight is 348 g/mol. The van der Waals surface area contributed by atoms with Gasteiger partial charge in [0.2, 0.25) is 5.91 Å². The van der Waals surface area contributed by atoms with Crippen LogP contribution in [-0.4, -0.2) is 49.1 Å². The van der Waals surface area contributed by atoms with Gasteiger partial charge in [-0.2, -0.15) is 11.8 Å². The van der Waals surface area contributed by atoms with Gasteiger partial charge < -0.3 is 20.9 Å². The summed E-state index contributed by atoms with van der Waals surface area (Å²) in [6.45, 7) is 4.88. The van der Waals surface area contributed by atoms with Crippen molar-refractivity contribution in [3.05, 3.63) is 23.8 Å². The minimum Gasteiger partial charge on any atom is -0.370 e. The van der Waals surface area contributed by atoms with Gasteiger partial charge in [-0.25, -0.2) is 4.79 Å². The largest absolute Gasteiger partial charge is 0.370 e. The topological polar surface area (TPSA) is 73.5 Å². The zero-order valence-electron chi connectivity index (χ0n) is 13.9. The Balaban J connectivity index is 1.59. The lowest BCUT2D eigenvalue weighted by Crippen LogP contribution is -2.51. The summed E-state index contributed by atoms with van der Waals surface area (Å²) in [5.41, 5.74) is 3.12. The molecule has 3 amide bonds. The number of piperidine rings is 1. The molecule has 0 bridgehead atoms. The van der Waals surface area contributed by atoms with E-state index in [1.54, 1.807) is 0 Å². The van der Waals surface area contributed by atoms with Crippen molar-refractivity contribution in [2.24, 2.45) is 0 Å². The van der Waals surface area contributed by atoms with E-state index in [2.05, 4.69) is 33.8 Å². The molecule has 2 aliphatic heterocycles. The number of amides is 3. The minimum atomic E-state index is -0.440. The Hall–Kier alpha value is -1.89. The van der Waals surface area contributed by atoms with E-state index in [-0.39, 0.29) is 11.9 Å². The van der Waals surface area contributed by atoms with Gasteiger partial charge in [0.05, 0.1) is 0 Å². The van der Waals surface area contributed by atoms with Crippen LogP contribution in [0.5, 0.6) is 0 Å². The van der Waals surface area contributed by atoms with Crippen LogP contribution in [0.1, 0.15) is 18.4 Å². The molecule has 2 heterocycles. The summed E-state index contributed by atoms with van der Waals surface area (Å²) in [4.78, 5) is 26.2. The van der Waals surface area contributed by atoms with Gasteiger partial charge in [-0.3, -0.25) is 4.79 Å². The third kappa shape index (κ3) is 4.14. The molecule has 1 aromatic carbocycles. The lowest BCUT2D eigenvalue weighted by atomic mass is 10.1. The van der Waals surface area contributed by atoms with Crippen LogP contribution in [0, 0.1) is 6.92 Å². The van der Waals surface area contributed by atoms with Gasteiger partial charge in [0.1, 0.15) is 6.04 Å². The fourth-order valence-corrected chi connectivity index (χ4v) is 4.03. The molecule has 2 fully saturated rings. The lowest BCUT2D eigenvalue weighted by molar-refractivity contribution is -0.124. The number of carbonyl (C=O) groups is 2. The molecule has 0 radical (unpaired) electrons. The number of nitrogens with zero attached hydrogens (tertiary/aromatic N) is 1. The quantitative estimate of drug-likeness (QED) is 0.781. The molecule has 0 spiro atoms. The van der Waals surface area contributed by atoms with Gasteiger partial charge in [-0.05, 0) is 43.5 Å². The molecule has 7 heteroatoms. The Labute approximate surface area is 146 Å². The molecule has 0 aromatic heterocycles. The highest BCUT2D eigenvalue weighted by Crippen LogP contribution is 2.26. The molecule has 0 unspecified atom stereocenters. The van der Waals surface area contributed by atoms with E-state index in [4.69, 9.17) is 0 Å². The van der Waals surface area contributed by atoms with Gasteiger partial charge in [-0.1, -0.05) is 0 Å². The molecule has 2 aliphatic rings. The number of hydrogen-bond donors (Lipinski definition) is 3. The highest BCUT2D eigenvalue weighted by Gasteiger charge is 2.23. The number of carbonyl (C=O) groups excluding carboxylic acids is 2. The highest BCUT2D eigenvalue weighted by molar-refractivity contribution is 7.99. The van der Waals surface area contributed by atoms with Crippen LogP contribution >= 0.6 is 11.8 Å². The SMILES string of the molecule is Cc1cc(NC(=O)N[C@@H]2CCCNC2=O)ccc1N1CCSCC1. The highest BCUT2D eigenvalue weighted by atomic mass is 32.2. The monoisotopic (exact) mass is 348 g/mol. The number of thioether (sulfide) groups is 1. The second kappa shape index (κ2) is 7.79. The molecule has 0 aliphatic carbocycles. The first kappa shape index (κ1) is 17.0. The van der Waals surface area contributed by atoms with Crippen molar-refractivity contribution in [1.82, 2.24) is 10.6 Å². The number of urea groups is 1. The molecular weight excluding hydrogens is 324 g/mol. The lowest BCUT2D eigenvalue weighted by Gasteiger charge is -2.30. The van der Waals surface area contributed by atoms with E-state index in [0.717, 1.165) is 42.3 Å². The van der Waals surface area contributed by atoms with Crippen LogP contribution in [0.25, 0.3) is 0 Å². The van der Waals surface area contributed by atoms with Crippen LogP contribution < -0.4 is 20.9 Å². The molecule has 6 nitrogen and oxygen atoms in total. The molecule has 3 rings (SSSR count). The summed E-state index contributed by atoms with van der Waals surface area (Å²) in [7, 11) is 0. The summed E-state index contributed by atoms with van der Waals surface area (Å²) in [5.74, 6) is 2.21. The van der Waals surface area contributed by atoms with Crippen molar-refractivity contribution < 1.29 is 9.59 Å². The standard InChI is InChI=1S/C17H24N4O2S/c1-12-11-13(4-5-15(12)21-7-9-24-10-8-21)19-17(23)20-14-3-2-6-18-16(14)22/h4-5,11,14H,2-3,6-10H2,1H3,(H,18,22)(H2,19,20,23)/t14-/m1/s1. The van der Waals surface area contributed by atoms with E-state index < -0.39 is 6.04 Å². The molecule has 1 aromatic rings. The van der Waals surface area contributed by atoms with Crippen molar-refractivity contribution in [3.63, 3.8) is 0 Å². The van der Waals surface area contributed by atoms with Crippen LogP contribution in [0.4, 0.5) is 16.2 Å². The van der Waals surface area contributed by atoms with E-state index >= 15 is 0 Å². The number of nitrogens with one attached hydrogen (secondary N) is 3. The maximum Gasteiger partial charge on any atom is 0.319 e. The van der Waals surface area contributed by atoms with E-state index in [1.165, 1.54) is 5.69 Å². The Bertz CT molecular complexity index is 617. The number of benzene rings is 1. The van der Waals surface area contributed by atoms with Gasteiger partial charge >= 0.3 is 6.03 Å². The summed E-state index contributed by atoms with van der Waals surface area (Å²) in [5, 5.41) is 8.33. The number of aryl methyl sites for hydroxylation is 1. The Kier molecular flexibility index (Phi) is 5.50. The summed E-state index contributed by atoms with van der Waals surface area (Å²) in [6, 6.07) is 5.19. The molecular formula is C17H24N4O2S. The fraction of sp³-hybridized carbons (Fsp3) is 0.529. The molecule has 3 N–H and O–H groups in total. The second-order valence-corrected chi connectivity index (χ2v) is 7.41. The van der Waals surface area contributed by atoms with Crippen molar-refractivity contribution in [3.8, 4) is 0 Å². The first-order valence-electron chi connectivity index (χ1n) is 8.42. The van der Waals surface area contributed by atoms with Crippen molar-refractivity contribution in [1.29, 1.82) is 0 Å². The molecule has 1 atom stereocenters. The van der Waals surface area contributed by atoms with Crippen molar-refractivity contribution in [2.75, 3.05) is 41.4 Å². The van der Waals surface area contributed by atoms with Gasteiger partial charge in [-0.15, -0.1) is 0 Å². The predicted molar refractivity (Wildman–Crippen MR) is 98.9 cm³/mol. The third-order valence-electron chi connectivity index (χ3n) is 4.40. The smallest absolute Gasteiger partial charge is 0.319 e. The normalized spacial score (nSPS) is 21.1. The summed E-state index contributed by atoms with van der Waals surface area (Å²) < 4.78 is 0. The molecule has 130 valence electrons. The zero-order valence-corrected chi connectivity index (χ0v) is 14.7. The molecule has 24 heavy (non-hydrogen) atoms. The summed E-state index contributed by atoms with van der Waals surface area (Å²) >= 11 is 1.99. The van der Waals surface area contributed by atoms with E-state index in [9.17, 15) is 9.59 Å². The second-order valence-electron chi connectivity index (χ2n) is 6.18. The maximum absolute atomic E-state index is 12.1. The first-order valence-corrected chi connectivity index (χ1v) is 9.57. The van der Waals surface area contributed by atoms with Crippen LogP contribution in [0.2, 0.25) is 0 Å². The predicted octanol–water partition coefficient (Wildman–Crippen LogP) is 1.95. The van der Waals surface area contributed by atoms with Crippen LogP contribution in [-0.2, 0) is 4.79 Å².